The van der Waals surface area contributed by atoms with Crippen LogP contribution < -0.4 is 5.32 Å². The summed E-state index contributed by atoms with van der Waals surface area (Å²) >= 11 is 7.16. The van der Waals surface area contributed by atoms with Gasteiger partial charge in [-0.25, -0.2) is 9.37 Å². The van der Waals surface area contributed by atoms with E-state index in [1.54, 1.807) is 17.4 Å². The number of hydrogen-bond acceptors (Lipinski definition) is 4. The van der Waals surface area contributed by atoms with Crippen LogP contribution in [0.25, 0.3) is 0 Å². The quantitative estimate of drug-likeness (QED) is 0.892. The van der Waals surface area contributed by atoms with Crippen LogP contribution in [-0.2, 0) is 6.54 Å². The van der Waals surface area contributed by atoms with Gasteiger partial charge in [-0.15, -0.1) is 11.3 Å². The molecular weight excluding hydrogens is 287 g/mol. The fraction of sp³-hybridized carbons (Fsp3) is 0.308. The van der Waals surface area contributed by atoms with Gasteiger partial charge >= 0.3 is 0 Å². The number of thiazole rings is 1. The molecule has 6 heteroatoms. The van der Waals surface area contributed by atoms with Crippen LogP contribution in [0, 0.1) is 12.7 Å². The van der Waals surface area contributed by atoms with Crippen molar-refractivity contribution in [3.8, 4) is 0 Å². The minimum Gasteiger partial charge on any atom is -0.387 e. The first-order valence-electron chi connectivity index (χ1n) is 5.81. The van der Waals surface area contributed by atoms with E-state index in [4.69, 9.17) is 11.6 Å². The molecule has 0 bridgehead atoms. The number of rotatable bonds is 5. The second kappa shape index (κ2) is 6.43. The van der Waals surface area contributed by atoms with E-state index < -0.39 is 11.9 Å². The van der Waals surface area contributed by atoms with Crippen LogP contribution in [0.3, 0.4) is 0 Å². The van der Waals surface area contributed by atoms with Gasteiger partial charge < -0.3 is 10.4 Å². The Balaban J connectivity index is 1.86. The number of aryl methyl sites for hydroxylation is 1. The van der Waals surface area contributed by atoms with Crippen molar-refractivity contribution < 1.29 is 9.50 Å². The molecule has 2 rings (SSSR count). The van der Waals surface area contributed by atoms with Crippen LogP contribution in [-0.4, -0.2) is 16.6 Å². The van der Waals surface area contributed by atoms with Crippen LogP contribution in [0.4, 0.5) is 4.39 Å². The van der Waals surface area contributed by atoms with Gasteiger partial charge in [-0.05, 0) is 24.6 Å². The molecule has 0 saturated heterocycles. The molecule has 1 atom stereocenters. The molecule has 1 aromatic heterocycles. The Bertz CT molecular complexity index is 561. The molecule has 0 spiro atoms. The lowest BCUT2D eigenvalue weighted by molar-refractivity contribution is 0.174. The summed E-state index contributed by atoms with van der Waals surface area (Å²) in [5.74, 6) is -0.520. The minimum absolute atomic E-state index is 0.0576. The van der Waals surface area contributed by atoms with Crippen LogP contribution in [0.5, 0.6) is 0 Å². The molecule has 2 aromatic rings. The molecule has 0 aliphatic rings. The first-order chi connectivity index (χ1) is 9.06. The maximum absolute atomic E-state index is 13.3. The largest absolute Gasteiger partial charge is 0.387 e. The molecule has 1 unspecified atom stereocenters. The average molecular weight is 301 g/mol. The zero-order chi connectivity index (χ0) is 13.8. The summed E-state index contributed by atoms with van der Waals surface area (Å²) in [6.07, 6.45) is -0.771. The van der Waals surface area contributed by atoms with Crippen LogP contribution in [0.1, 0.15) is 22.4 Å². The lowest BCUT2D eigenvalue weighted by Crippen LogP contribution is -2.21. The molecule has 0 aliphatic carbocycles. The third kappa shape index (κ3) is 3.98. The highest BCUT2D eigenvalue weighted by molar-refractivity contribution is 7.09. The molecule has 19 heavy (non-hydrogen) atoms. The number of aliphatic hydroxyl groups is 1. The Morgan fingerprint density at radius 1 is 1.53 bits per heavy atom. The van der Waals surface area contributed by atoms with Crippen molar-refractivity contribution in [2.24, 2.45) is 0 Å². The number of hydrogen-bond donors (Lipinski definition) is 2. The third-order valence-electron chi connectivity index (χ3n) is 2.61. The summed E-state index contributed by atoms with van der Waals surface area (Å²) in [6, 6.07) is 4.31. The summed E-state index contributed by atoms with van der Waals surface area (Å²) in [5.41, 5.74) is 1.49. The summed E-state index contributed by atoms with van der Waals surface area (Å²) in [5, 5.41) is 16.0. The van der Waals surface area contributed by atoms with Crippen LogP contribution in [0.2, 0.25) is 5.02 Å². The Morgan fingerprint density at radius 2 is 2.32 bits per heavy atom. The van der Waals surface area contributed by atoms with E-state index in [1.165, 1.54) is 12.1 Å². The molecule has 0 radical (unpaired) electrons. The molecule has 3 nitrogen and oxygen atoms in total. The van der Waals surface area contributed by atoms with Crippen molar-refractivity contribution >= 4 is 22.9 Å². The number of aromatic nitrogens is 1. The molecule has 1 heterocycles. The lowest BCUT2D eigenvalue weighted by atomic mass is 10.1. The van der Waals surface area contributed by atoms with Gasteiger partial charge in [0.25, 0.3) is 0 Å². The molecule has 0 fully saturated rings. The second-order valence-electron chi connectivity index (χ2n) is 4.20. The number of halogens is 2. The smallest absolute Gasteiger partial charge is 0.142 e. The third-order valence-corrected chi connectivity index (χ3v) is 3.88. The van der Waals surface area contributed by atoms with E-state index in [1.807, 2.05) is 12.3 Å². The van der Waals surface area contributed by atoms with E-state index in [9.17, 15) is 9.50 Å². The highest BCUT2D eigenvalue weighted by Gasteiger charge is 2.10. The van der Waals surface area contributed by atoms with E-state index in [0.717, 1.165) is 10.7 Å². The zero-order valence-corrected chi connectivity index (χ0v) is 11.9. The minimum atomic E-state index is -0.771. The molecule has 0 saturated carbocycles. The lowest BCUT2D eigenvalue weighted by Gasteiger charge is -2.12. The fourth-order valence-corrected chi connectivity index (χ4v) is 2.50. The van der Waals surface area contributed by atoms with Gasteiger partial charge in [0.1, 0.15) is 10.8 Å². The number of benzene rings is 1. The van der Waals surface area contributed by atoms with Gasteiger partial charge in [-0.1, -0.05) is 17.7 Å². The first-order valence-corrected chi connectivity index (χ1v) is 7.07. The van der Waals surface area contributed by atoms with Crippen LogP contribution >= 0.6 is 22.9 Å². The Labute approximate surface area is 120 Å². The van der Waals surface area contributed by atoms with Gasteiger partial charge in [-0.3, -0.25) is 0 Å². The van der Waals surface area contributed by atoms with Crippen molar-refractivity contribution in [1.29, 1.82) is 0 Å². The number of nitrogens with zero attached hydrogens (tertiary/aromatic N) is 1. The van der Waals surface area contributed by atoms with Crippen molar-refractivity contribution in [2.45, 2.75) is 19.6 Å². The molecule has 0 amide bonds. The van der Waals surface area contributed by atoms with Crippen molar-refractivity contribution in [3.63, 3.8) is 0 Å². The first kappa shape index (κ1) is 14.4. The number of aliphatic hydroxyl groups excluding tert-OH is 1. The molecular formula is C13H14ClFN2OS. The topological polar surface area (TPSA) is 45.1 Å². The Hall–Kier alpha value is -1.01. The summed E-state index contributed by atoms with van der Waals surface area (Å²) in [4.78, 5) is 4.30. The van der Waals surface area contributed by atoms with Crippen LogP contribution in [0.15, 0.2) is 23.6 Å². The summed E-state index contributed by atoms with van der Waals surface area (Å²) in [6.45, 7) is 2.86. The molecule has 1 aromatic carbocycles. The molecule has 2 N–H and O–H groups in total. The van der Waals surface area contributed by atoms with Crippen molar-refractivity contribution in [3.05, 3.63) is 50.7 Å². The van der Waals surface area contributed by atoms with Crippen molar-refractivity contribution in [2.75, 3.05) is 6.54 Å². The predicted octanol–water partition coefficient (Wildman–Crippen LogP) is 3.07. The average Bonchev–Trinajstić information content (AvgIpc) is 2.78. The normalized spacial score (nSPS) is 12.6. The SMILES string of the molecule is Cc1csc(CNCC(O)c2ccc(Cl)c(F)c2)n1. The van der Waals surface area contributed by atoms with Crippen molar-refractivity contribution in [1.82, 2.24) is 10.3 Å². The molecule has 0 aliphatic heterocycles. The summed E-state index contributed by atoms with van der Waals surface area (Å²) in [7, 11) is 0. The van der Waals surface area contributed by atoms with E-state index in [-0.39, 0.29) is 5.02 Å². The maximum Gasteiger partial charge on any atom is 0.142 e. The monoisotopic (exact) mass is 300 g/mol. The number of nitrogens with one attached hydrogen (secondary N) is 1. The van der Waals surface area contributed by atoms with E-state index in [2.05, 4.69) is 10.3 Å². The highest BCUT2D eigenvalue weighted by atomic mass is 35.5. The Morgan fingerprint density at radius 3 is 2.95 bits per heavy atom. The van der Waals surface area contributed by atoms with Gasteiger partial charge in [0, 0.05) is 24.2 Å². The standard InChI is InChI=1S/C13H14ClFN2OS/c1-8-7-19-13(17-8)6-16-5-12(18)9-2-3-10(14)11(15)4-9/h2-4,7,12,16,18H,5-6H2,1H3. The second-order valence-corrected chi connectivity index (χ2v) is 5.55. The van der Waals surface area contributed by atoms with Gasteiger partial charge in [0.15, 0.2) is 0 Å². The highest BCUT2D eigenvalue weighted by Crippen LogP contribution is 2.20. The zero-order valence-electron chi connectivity index (χ0n) is 10.4. The van der Waals surface area contributed by atoms with Gasteiger partial charge in [-0.2, -0.15) is 0 Å². The van der Waals surface area contributed by atoms with Gasteiger partial charge in [0.05, 0.1) is 11.1 Å². The fourth-order valence-electron chi connectivity index (χ4n) is 1.64. The maximum atomic E-state index is 13.3. The van der Waals surface area contributed by atoms with E-state index in [0.29, 0.717) is 18.7 Å². The Kier molecular flexibility index (Phi) is 4.87. The van der Waals surface area contributed by atoms with E-state index >= 15 is 0 Å². The predicted molar refractivity (Wildman–Crippen MR) is 74.9 cm³/mol. The van der Waals surface area contributed by atoms with Gasteiger partial charge in [0.2, 0.25) is 0 Å². The summed E-state index contributed by atoms with van der Waals surface area (Å²) < 4.78 is 13.3. The molecule has 102 valence electrons.